The van der Waals surface area contributed by atoms with Gasteiger partial charge >= 0.3 is 0 Å². The average Bonchev–Trinajstić information content (AvgIpc) is 2.42. The summed E-state index contributed by atoms with van der Waals surface area (Å²) in [5.74, 6) is 0.00226. The first-order valence-electron chi connectivity index (χ1n) is 7.93. The normalized spacial score (nSPS) is 12.2. The maximum Gasteiger partial charge on any atom is 0.223 e. The molecule has 0 bridgehead atoms. The van der Waals surface area contributed by atoms with Gasteiger partial charge in [-0.3, -0.25) is 4.79 Å². The number of rotatable bonds is 7. The van der Waals surface area contributed by atoms with Crippen molar-refractivity contribution >= 4 is 21.6 Å². The summed E-state index contributed by atoms with van der Waals surface area (Å²) in [5, 5.41) is 0. The van der Waals surface area contributed by atoms with Gasteiger partial charge in [0.05, 0.1) is 5.75 Å². The monoisotopic (exact) mass is 340 g/mol. The molecule has 0 atom stereocenters. The quantitative estimate of drug-likeness (QED) is 0.830. The average molecular weight is 340 g/mol. The molecular formula is C17H28N2O3S. The highest BCUT2D eigenvalue weighted by atomic mass is 32.2. The van der Waals surface area contributed by atoms with Crippen molar-refractivity contribution in [3.63, 3.8) is 0 Å². The SMILES string of the molecule is CCCS(=O)(=O)NCCN(C(C)=O)c1ccccc1C(C)(C)C. The Morgan fingerprint density at radius 3 is 2.35 bits per heavy atom. The van der Waals surface area contributed by atoms with E-state index in [1.54, 1.807) is 4.90 Å². The zero-order chi connectivity index (χ0) is 17.7. The molecule has 23 heavy (non-hydrogen) atoms. The second kappa shape index (κ2) is 7.93. The Morgan fingerprint density at radius 2 is 1.83 bits per heavy atom. The van der Waals surface area contributed by atoms with E-state index < -0.39 is 10.0 Å². The highest BCUT2D eigenvalue weighted by molar-refractivity contribution is 7.89. The van der Waals surface area contributed by atoms with E-state index in [9.17, 15) is 13.2 Å². The van der Waals surface area contributed by atoms with Gasteiger partial charge in [-0.2, -0.15) is 0 Å². The smallest absolute Gasteiger partial charge is 0.223 e. The van der Waals surface area contributed by atoms with E-state index in [2.05, 4.69) is 25.5 Å². The number of anilines is 1. The Balaban J connectivity index is 2.95. The van der Waals surface area contributed by atoms with Crippen molar-refractivity contribution in [2.75, 3.05) is 23.7 Å². The molecule has 0 fully saturated rings. The van der Waals surface area contributed by atoms with Gasteiger partial charge in [0.1, 0.15) is 0 Å². The summed E-state index contributed by atoms with van der Waals surface area (Å²) in [7, 11) is -3.26. The number of sulfonamides is 1. The number of carbonyl (C=O) groups is 1. The third-order valence-corrected chi connectivity index (χ3v) is 5.10. The van der Waals surface area contributed by atoms with Crippen molar-refractivity contribution < 1.29 is 13.2 Å². The third kappa shape index (κ3) is 5.95. The van der Waals surface area contributed by atoms with Gasteiger partial charge in [-0.15, -0.1) is 0 Å². The Morgan fingerprint density at radius 1 is 1.22 bits per heavy atom. The van der Waals surface area contributed by atoms with Crippen LogP contribution in [0.3, 0.4) is 0 Å². The molecule has 0 saturated heterocycles. The minimum Gasteiger partial charge on any atom is -0.311 e. The number of nitrogens with one attached hydrogen (secondary N) is 1. The molecular weight excluding hydrogens is 312 g/mol. The van der Waals surface area contributed by atoms with Crippen molar-refractivity contribution in [3.8, 4) is 0 Å². The molecule has 0 heterocycles. The Kier molecular flexibility index (Phi) is 6.77. The van der Waals surface area contributed by atoms with Gasteiger partial charge in [-0.25, -0.2) is 13.1 Å². The van der Waals surface area contributed by atoms with E-state index in [1.807, 2.05) is 31.2 Å². The molecule has 0 aliphatic heterocycles. The van der Waals surface area contributed by atoms with E-state index in [0.29, 0.717) is 13.0 Å². The lowest BCUT2D eigenvalue weighted by molar-refractivity contribution is -0.116. The van der Waals surface area contributed by atoms with Crippen LogP contribution < -0.4 is 9.62 Å². The molecule has 0 spiro atoms. The van der Waals surface area contributed by atoms with Crippen LogP contribution in [0.2, 0.25) is 0 Å². The lowest BCUT2D eigenvalue weighted by Gasteiger charge is -2.29. The summed E-state index contributed by atoms with van der Waals surface area (Å²) >= 11 is 0. The van der Waals surface area contributed by atoms with Gasteiger partial charge in [0.15, 0.2) is 0 Å². The van der Waals surface area contributed by atoms with E-state index in [0.717, 1.165) is 11.3 Å². The van der Waals surface area contributed by atoms with Gasteiger partial charge in [0.25, 0.3) is 0 Å². The van der Waals surface area contributed by atoms with Crippen LogP contribution in [0.5, 0.6) is 0 Å². The molecule has 1 amide bonds. The Labute approximate surface area is 140 Å². The maximum atomic E-state index is 12.1. The molecule has 0 unspecified atom stereocenters. The molecule has 5 nitrogen and oxygen atoms in total. The molecule has 0 saturated carbocycles. The summed E-state index contributed by atoms with van der Waals surface area (Å²) in [6, 6.07) is 7.75. The number of carbonyl (C=O) groups excluding carboxylic acids is 1. The van der Waals surface area contributed by atoms with E-state index in [1.165, 1.54) is 6.92 Å². The number of amides is 1. The van der Waals surface area contributed by atoms with Crippen molar-refractivity contribution in [2.45, 2.75) is 46.5 Å². The van der Waals surface area contributed by atoms with Crippen LogP contribution in [0, 0.1) is 0 Å². The lowest BCUT2D eigenvalue weighted by atomic mass is 9.85. The third-order valence-electron chi connectivity index (χ3n) is 3.51. The van der Waals surface area contributed by atoms with Crippen LogP contribution in [0.4, 0.5) is 5.69 Å². The summed E-state index contributed by atoms with van der Waals surface area (Å²) in [6.45, 7) is 10.1. The predicted molar refractivity (Wildman–Crippen MR) is 95.2 cm³/mol. The van der Waals surface area contributed by atoms with Crippen molar-refractivity contribution in [2.24, 2.45) is 0 Å². The summed E-state index contributed by atoms with van der Waals surface area (Å²) < 4.78 is 26.0. The second-order valence-electron chi connectivity index (χ2n) is 6.65. The summed E-state index contributed by atoms with van der Waals surface area (Å²) in [4.78, 5) is 13.7. The molecule has 1 aromatic carbocycles. The first-order chi connectivity index (χ1) is 10.6. The molecule has 1 N–H and O–H groups in total. The lowest BCUT2D eigenvalue weighted by Crippen LogP contribution is -2.39. The van der Waals surface area contributed by atoms with E-state index in [4.69, 9.17) is 0 Å². The van der Waals surface area contributed by atoms with Crippen LogP contribution in [0.1, 0.15) is 46.6 Å². The van der Waals surface area contributed by atoms with Gasteiger partial charge in [0, 0.05) is 25.7 Å². The number of nitrogens with zero attached hydrogens (tertiary/aromatic N) is 1. The summed E-state index contributed by atoms with van der Waals surface area (Å²) in [6.07, 6.45) is 0.568. The standard InChI is InChI=1S/C17H28N2O3S/c1-6-13-23(21,22)18-11-12-19(14(2)20)16-10-8-7-9-15(16)17(3,4)5/h7-10,18H,6,11-13H2,1-5H3. The van der Waals surface area contributed by atoms with Gasteiger partial charge in [-0.05, 0) is 23.5 Å². The largest absolute Gasteiger partial charge is 0.311 e. The molecule has 0 radical (unpaired) electrons. The van der Waals surface area contributed by atoms with Gasteiger partial charge in [0.2, 0.25) is 15.9 Å². The highest BCUT2D eigenvalue weighted by Crippen LogP contribution is 2.31. The van der Waals surface area contributed by atoms with Crippen LogP contribution in [-0.2, 0) is 20.2 Å². The molecule has 0 aliphatic rings. The number of hydrogen-bond acceptors (Lipinski definition) is 3. The van der Waals surface area contributed by atoms with Crippen LogP contribution in [0.25, 0.3) is 0 Å². The first kappa shape index (κ1) is 19.6. The Bertz CT molecular complexity index is 633. The molecule has 0 aliphatic carbocycles. The molecule has 0 aromatic heterocycles. The summed E-state index contributed by atoms with van der Waals surface area (Å²) in [5.41, 5.74) is 1.79. The van der Waals surface area contributed by atoms with Gasteiger partial charge in [-0.1, -0.05) is 45.9 Å². The van der Waals surface area contributed by atoms with Crippen LogP contribution in [0.15, 0.2) is 24.3 Å². The predicted octanol–water partition coefficient (Wildman–Crippen LogP) is 2.67. The number of hydrogen-bond donors (Lipinski definition) is 1. The Hall–Kier alpha value is -1.40. The van der Waals surface area contributed by atoms with Crippen molar-refractivity contribution in [1.29, 1.82) is 0 Å². The first-order valence-corrected chi connectivity index (χ1v) is 9.58. The maximum absolute atomic E-state index is 12.1. The van der Waals surface area contributed by atoms with Crippen molar-refractivity contribution in [1.82, 2.24) is 4.72 Å². The fraction of sp³-hybridized carbons (Fsp3) is 0.588. The molecule has 1 rings (SSSR count). The minimum absolute atomic E-state index is 0.101. The second-order valence-corrected chi connectivity index (χ2v) is 8.58. The fourth-order valence-electron chi connectivity index (χ4n) is 2.44. The fourth-order valence-corrected chi connectivity index (χ4v) is 3.53. The molecule has 1 aromatic rings. The van der Waals surface area contributed by atoms with Gasteiger partial charge < -0.3 is 4.90 Å². The molecule has 130 valence electrons. The van der Waals surface area contributed by atoms with Crippen LogP contribution in [-0.4, -0.2) is 33.2 Å². The molecule has 6 heteroatoms. The number of benzene rings is 1. The van der Waals surface area contributed by atoms with E-state index in [-0.39, 0.29) is 23.6 Å². The van der Waals surface area contributed by atoms with Crippen LogP contribution >= 0.6 is 0 Å². The zero-order valence-electron chi connectivity index (χ0n) is 14.7. The zero-order valence-corrected chi connectivity index (χ0v) is 15.5. The van der Waals surface area contributed by atoms with E-state index >= 15 is 0 Å². The number of para-hydroxylation sites is 1. The topological polar surface area (TPSA) is 66.5 Å². The van der Waals surface area contributed by atoms with Crippen molar-refractivity contribution in [3.05, 3.63) is 29.8 Å². The minimum atomic E-state index is -3.26. The highest BCUT2D eigenvalue weighted by Gasteiger charge is 2.22.